The maximum atomic E-state index is 10.4. The fourth-order valence-corrected chi connectivity index (χ4v) is 0.495. The van der Waals surface area contributed by atoms with Gasteiger partial charge in [0.2, 0.25) is 0 Å². The third kappa shape index (κ3) is 2.30. The van der Waals surface area contributed by atoms with Gasteiger partial charge in [0.1, 0.15) is 0 Å². The molecule has 0 saturated carbocycles. The first-order valence-corrected chi connectivity index (χ1v) is 2.99. The molecule has 0 unspecified atom stereocenters. The van der Waals surface area contributed by atoms with Gasteiger partial charge in [-0.2, -0.15) is 0 Å². The molecule has 0 rings (SSSR count). The van der Waals surface area contributed by atoms with E-state index < -0.39 is 5.97 Å². The van der Waals surface area contributed by atoms with Crippen molar-refractivity contribution in [3.8, 4) is 0 Å². The van der Waals surface area contributed by atoms with E-state index in [9.17, 15) is 4.79 Å². The molecule has 0 aromatic rings. The molecule has 11 heavy (non-hydrogen) atoms. The van der Waals surface area contributed by atoms with E-state index in [0.717, 1.165) is 0 Å². The minimum atomic E-state index is -1.17. The van der Waals surface area contributed by atoms with Gasteiger partial charge in [-0.15, -0.1) is 0 Å². The second-order valence-corrected chi connectivity index (χ2v) is 2.25. The highest BCUT2D eigenvalue weighted by Gasteiger charge is 2.11. The first-order chi connectivity index (χ1) is 5.00. The predicted octanol–water partition coefficient (Wildman–Crippen LogP) is 0.783. The summed E-state index contributed by atoms with van der Waals surface area (Å²) in [6.07, 6.45) is 0. The number of rotatable bonds is 2. The molecule has 60 valence electrons. The largest absolute Gasteiger partial charge is 0.486 e. The molecule has 1 N–H and O–H groups in total. The van der Waals surface area contributed by atoms with Crippen LogP contribution in [0.15, 0.2) is 11.4 Å². The van der Waals surface area contributed by atoms with Crippen molar-refractivity contribution >= 4 is 5.97 Å². The van der Waals surface area contributed by atoms with Crippen molar-refractivity contribution in [2.24, 2.45) is 0 Å². The Morgan fingerprint density at radius 3 is 2.09 bits per heavy atom. The number of carboxylic acid groups (broad SMARTS) is 1. The topological polar surface area (TPSA) is 44.9 Å². The average molecular weight is 154 g/mol. The Bertz CT molecular complexity index is 235. The molecule has 0 atom stereocenters. The van der Waals surface area contributed by atoms with Gasteiger partial charge in [-0.3, -0.25) is 4.79 Å². The third-order valence-electron chi connectivity index (χ3n) is 1.33. The molecule has 0 saturated heterocycles. The average Bonchev–Trinajstić information content (AvgIpc) is 1.88. The van der Waals surface area contributed by atoms with Gasteiger partial charge in [-0.1, -0.05) is 0 Å². The lowest BCUT2D eigenvalue weighted by Crippen LogP contribution is -2.13. The lowest BCUT2D eigenvalue weighted by atomic mass is 10.3. The quantitative estimate of drug-likeness (QED) is 0.472. The summed E-state index contributed by atoms with van der Waals surface area (Å²) in [5.41, 5.74) is 0.238. The van der Waals surface area contributed by atoms with E-state index in [1.807, 2.05) is 0 Å². The highest BCUT2D eigenvalue weighted by atomic mass is 16.4. The molecule has 0 amide bonds. The van der Waals surface area contributed by atoms with Gasteiger partial charge >= 0.3 is 5.97 Å². The lowest BCUT2D eigenvalue weighted by Gasteiger charge is -2.12. The van der Waals surface area contributed by atoms with Gasteiger partial charge in [-0.25, -0.2) is 4.85 Å². The number of nitrogens with zero attached hydrogens (tertiary/aromatic N) is 2. The first-order valence-electron chi connectivity index (χ1n) is 2.99. The Labute approximate surface area is 65.6 Å². The standard InChI is InChI=1S/C7H10N2O2/c1-5(9(3)4)6(8-2)7(10)11/h1,3-4H3,(H,10,11). The summed E-state index contributed by atoms with van der Waals surface area (Å²) in [5.74, 6) is -1.17. The molecule has 4 nitrogen and oxygen atoms in total. The fourth-order valence-electron chi connectivity index (χ4n) is 0.495. The summed E-state index contributed by atoms with van der Waals surface area (Å²) in [4.78, 5) is 14.9. The summed E-state index contributed by atoms with van der Waals surface area (Å²) in [6.45, 7) is 8.17. The van der Waals surface area contributed by atoms with Crippen molar-refractivity contribution in [2.75, 3.05) is 14.1 Å². The maximum Gasteiger partial charge on any atom is 0.335 e. The SMILES string of the molecule is [C-]#[N+]C(C(=O)O)=C(C)N(C)C. The van der Waals surface area contributed by atoms with Crippen molar-refractivity contribution in [2.45, 2.75) is 6.92 Å². The van der Waals surface area contributed by atoms with Crippen LogP contribution in [0.4, 0.5) is 0 Å². The van der Waals surface area contributed by atoms with Crippen LogP contribution in [0, 0.1) is 6.57 Å². The molecule has 0 aliphatic rings. The van der Waals surface area contributed by atoms with Crippen molar-refractivity contribution in [1.29, 1.82) is 0 Å². The van der Waals surface area contributed by atoms with E-state index >= 15 is 0 Å². The summed E-state index contributed by atoms with van der Waals surface area (Å²) < 4.78 is 0. The predicted molar refractivity (Wildman–Crippen MR) is 40.6 cm³/mol. The minimum absolute atomic E-state index is 0.227. The molecule has 0 bridgehead atoms. The first kappa shape index (κ1) is 9.50. The number of carbonyl (C=O) groups is 1. The van der Waals surface area contributed by atoms with E-state index in [1.54, 1.807) is 25.9 Å². The zero-order valence-electron chi connectivity index (χ0n) is 6.75. The number of hydrogen-bond acceptors (Lipinski definition) is 2. The number of hydrogen-bond donors (Lipinski definition) is 1. The zero-order valence-corrected chi connectivity index (χ0v) is 6.75. The van der Waals surface area contributed by atoms with Crippen molar-refractivity contribution in [3.05, 3.63) is 22.8 Å². The molecule has 0 aliphatic carbocycles. The number of allylic oxidation sites excluding steroid dienone is 1. The van der Waals surface area contributed by atoms with Gasteiger partial charge < -0.3 is 10.0 Å². The van der Waals surface area contributed by atoms with E-state index in [-0.39, 0.29) is 5.70 Å². The minimum Gasteiger partial charge on any atom is -0.486 e. The molecular weight excluding hydrogens is 144 g/mol. The number of carboxylic acids is 1. The van der Waals surface area contributed by atoms with Gasteiger partial charge in [0.05, 0.1) is 6.57 Å². The van der Waals surface area contributed by atoms with Crippen LogP contribution in [-0.4, -0.2) is 30.1 Å². The Hall–Kier alpha value is -1.50. The lowest BCUT2D eigenvalue weighted by molar-refractivity contribution is -0.132. The molecule has 0 aromatic carbocycles. The van der Waals surface area contributed by atoms with E-state index in [1.165, 1.54) is 0 Å². The van der Waals surface area contributed by atoms with Crippen molar-refractivity contribution < 1.29 is 9.90 Å². The molecule has 0 radical (unpaired) electrons. The fraction of sp³-hybridized carbons (Fsp3) is 0.429. The molecule has 0 spiro atoms. The highest BCUT2D eigenvalue weighted by molar-refractivity contribution is 5.89. The smallest absolute Gasteiger partial charge is 0.335 e. The van der Waals surface area contributed by atoms with Crippen molar-refractivity contribution in [1.82, 2.24) is 4.90 Å². The molecule has 0 fully saturated rings. The third-order valence-corrected chi connectivity index (χ3v) is 1.33. The summed E-state index contributed by atoms with van der Waals surface area (Å²) in [7, 11) is 3.40. The summed E-state index contributed by atoms with van der Waals surface area (Å²) in [5, 5.41) is 8.49. The second kappa shape index (κ2) is 3.62. The highest BCUT2D eigenvalue weighted by Crippen LogP contribution is 2.07. The summed E-state index contributed by atoms with van der Waals surface area (Å²) >= 11 is 0. The zero-order chi connectivity index (χ0) is 9.02. The Morgan fingerprint density at radius 2 is 2.00 bits per heavy atom. The van der Waals surface area contributed by atoms with Crippen LogP contribution in [0.1, 0.15) is 6.92 Å². The van der Waals surface area contributed by atoms with Crippen LogP contribution in [0.3, 0.4) is 0 Å². The van der Waals surface area contributed by atoms with Gasteiger partial charge in [0.25, 0.3) is 5.70 Å². The molecule has 0 aliphatic heterocycles. The Kier molecular flexibility index (Phi) is 3.12. The maximum absolute atomic E-state index is 10.4. The van der Waals surface area contributed by atoms with Crippen LogP contribution in [0.25, 0.3) is 4.85 Å². The summed E-state index contributed by atoms with van der Waals surface area (Å²) in [6, 6.07) is 0. The van der Waals surface area contributed by atoms with Crippen LogP contribution in [0.2, 0.25) is 0 Å². The van der Waals surface area contributed by atoms with E-state index in [4.69, 9.17) is 11.7 Å². The van der Waals surface area contributed by atoms with Crippen molar-refractivity contribution in [3.63, 3.8) is 0 Å². The van der Waals surface area contributed by atoms with Gasteiger partial charge in [-0.05, 0) is 6.92 Å². The monoisotopic (exact) mass is 154 g/mol. The van der Waals surface area contributed by atoms with E-state index in [0.29, 0.717) is 5.70 Å². The Morgan fingerprint density at radius 1 is 1.55 bits per heavy atom. The van der Waals surface area contributed by atoms with Crippen LogP contribution in [0.5, 0.6) is 0 Å². The Balaban J connectivity index is 4.88. The number of aliphatic carboxylic acids is 1. The molecule has 4 heteroatoms. The second-order valence-electron chi connectivity index (χ2n) is 2.25. The molecular formula is C7H10N2O2. The van der Waals surface area contributed by atoms with Crippen LogP contribution < -0.4 is 0 Å². The van der Waals surface area contributed by atoms with E-state index in [2.05, 4.69) is 4.85 Å². The van der Waals surface area contributed by atoms with Crippen LogP contribution >= 0.6 is 0 Å². The molecule has 0 heterocycles. The van der Waals surface area contributed by atoms with Gasteiger partial charge in [0.15, 0.2) is 0 Å². The molecule has 0 aromatic heterocycles. The van der Waals surface area contributed by atoms with Crippen LogP contribution in [-0.2, 0) is 4.79 Å². The normalized spacial score (nSPS) is 11.5. The van der Waals surface area contributed by atoms with Gasteiger partial charge in [0, 0.05) is 19.8 Å².